The van der Waals surface area contributed by atoms with Crippen LogP contribution < -0.4 is 16.6 Å². The molecule has 1 heterocycles. The Kier molecular flexibility index (Phi) is 3.97. The van der Waals surface area contributed by atoms with Crippen LogP contribution in [0.25, 0.3) is 0 Å². The highest BCUT2D eigenvalue weighted by molar-refractivity contribution is 5.45. The average Bonchev–Trinajstić information content (AvgIpc) is 2.42. The number of rotatable bonds is 4. The third kappa shape index (κ3) is 3.20. The van der Waals surface area contributed by atoms with E-state index in [1.54, 1.807) is 19.9 Å². The van der Waals surface area contributed by atoms with E-state index in [2.05, 4.69) is 15.7 Å². The van der Waals surface area contributed by atoms with Gasteiger partial charge in [-0.2, -0.15) is 0 Å². The topological polar surface area (TPSA) is 63.0 Å². The number of hydrogen-bond donors (Lipinski definition) is 3. The van der Waals surface area contributed by atoms with Crippen LogP contribution in [-0.2, 0) is 6.54 Å². The second kappa shape index (κ2) is 5.67. The molecular formula is C14H17FN4. The molecule has 4 N–H and O–H groups in total. The number of anilines is 2. The Hall–Kier alpha value is -2.14. The quantitative estimate of drug-likeness (QED) is 0.584. The van der Waals surface area contributed by atoms with Crippen LogP contribution in [0.5, 0.6) is 0 Å². The summed E-state index contributed by atoms with van der Waals surface area (Å²) in [5, 5.41) is 3.18. The lowest BCUT2D eigenvalue weighted by Crippen LogP contribution is -2.10. The smallest absolute Gasteiger partial charge is 0.142 e. The Morgan fingerprint density at radius 1 is 1.16 bits per heavy atom. The van der Waals surface area contributed by atoms with Crippen molar-refractivity contribution in [3.8, 4) is 0 Å². The summed E-state index contributed by atoms with van der Waals surface area (Å²) >= 11 is 0. The van der Waals surface area contributed by atoms with Crippen molar-refractivity contribution in [2.24, 2.45) is 5.84 Å². The van der Waals surface area contributed by atoms with Gasteiger partial charge in [-0.15, -0.1) is 0 Å². The van der Waals surface area contributed by atoms with Crippen molar-refractivity contribution < 1.29 is 4.39 Å². The van der Waals surface area contributed by atoms with Crippen LogP contribution in [0.4, 0.5) is 16.0 Å². The first-order valence-electron chi connectivity index (χ1n) is 6.03. The van der Waals surface area contributed by atoms with E-state index >= 15 is 0 Å². The molecule has 0 bridgehead atoms. The summed E-state index contributed by atoms with van der Waals surface area (Å²) < 4.78 is 13.5. The summed E-state index contributed by atoms with van der Waals surface area (Å²) in [5.41, 5.74) is 4.82. The van der Waals surface area contributed by atoms with Gasteiger partial charge >= 0.3 is 0 Å². The molecule has 0 saturated heterocycles. The maximum atomic E-state index is 13.5. The minimum absolute atomic E-state index is 0.142. The van der Waals surface area contributed by atoms with Crippen LogP contribution in [-0.4, -0.2) is 4.98 Å². The molecule has 4 nitrogen and oxygen atoms in total. The fraction of sp³-hybridized carbons (Fsp3) is 0.214. The van der Waals surface area contributed by atoms with Crippen LogP contribution in [0.15, 0.2) is 30.3 Å². The number of hydrazine groups is 1. The number of aromatic nitrogens is 1. The number of aryl methyl sites for hydroxylation is 2. The van der Waals surface area contributed by atoms with Gasteiger partial charge in [-0.25, -0.2) is 15.2 Å². The molecule has 2 aromatic rings. The standard InChI is InChI=1S/C14H17FN4/c1-9-6-11(7-10(2)14(9)15)8-17-12-4-3-5-13(18-12)19-16/h3-7H,8,16H2,1-2H3,(H2,17,18,19). The molecule has 0 unspecified atom stereocenters. The third-order valence-corrected chi connectivity index (χ3v) is 2.87. The van der Waals surface area contributed by atoms with Crippen molar-refractivity contribution in [3.05, 3.63) is 52.8 Å². The molecule has 0 aliphatic carbocycles. The average molecular weight is 260 g/mol. The second-order valence-corrected chi connectivity index (χ2v) is 4.45. The SMILES string of the molecule is Cc1cc(CNc2cccc(NN)n2)cc(C)c1F. The molecule has 0 aliphatic rings. The van der Waals surface area contributed by atoms with Gasteiger partial charge in [-0.3, -0.25) is 0 Å². The second-order valence-electron chi connectivity index (χ2n) is 4.45. The number of nitrogens with one attached hydrogen (secondary N) is 2. The van der Waals surface area contributed by atoms with E-state index in [0.29, 0.717) is 23.5 Å². The zero-order valence-electron chi connectivity index (χ0n) is 11.0. The Balaban J connectivity index is 2.10. The van der Waals surface area contributed by atoms with Gasteiger partial charge in [0.15, 0.2) is 0 Å². The predicted octanol–water partition coefficient (Wildman–Crippen LogP) is 2.74. The van der Waals surface area contributed by atoms with Gasteiger partial charge in [0.2, 0.25) is 0 Å². The first-order chi connectivity index (χ1) is 9.10. The molecule has 1 aromatic heterocycles. The number of nitrogens with two attached hydrogens (primary N) is 1. The summed E-state index contributed by atoms with van der Waals surface area (Å²) in [6.45, 7) is 4.12. The highest BCUT2D eigenvalue weighted by Gasteiger charge is 2.04. The third-order valence-electron chi connectivity index (χ3n) is 2.87. The lowest BCUT2D eigenvalue weighted by atomic mass is 10.1. The van der Waals surface area contributed by atoms with Crippen LogP contribution in [0.3, 0.4) is 0 Å². The minimum atomic E-state index is -0.142. The van der Waals surface area contributed by atoms with Crippen molar-refractivity contribution >= 4 is 11.6 Å². The van der Waals surface area contributed by atoms with E-state index in [-0.39, 0.29) is 5.82 Å². The molecule has 5 heteroatoms. The summed E-state index contributed by atoms with van der Waals surface area (Å²) in [7, 11) is 0. The number of pyridine rings is 1. The van der Waals surface area contributed by atoms with E-state index in [1.165, 1.54) is 0 Å². The molecule has 0 atom stereocenters. The van der Waals surface area contributed by atoms with Crippen molar-refractivity contribution in [2.75, 3.05) is 10.7 Å². The number of nitrogen functional groups attached to an aromatic ring is 1. The normalized spacial score (nSPS) is 10.3. The number of hydrogen-bond acceptors (Lipinski definition) is 4. The van der Waals surface area contributed by atoms with E-state index in [1.807, 2.05) is 24.3 Å². The Morgan fingerprint density at radius 2 is 1.79 bits per heavy atom. The zero-order chi connectivity index (χ0) is 13.8. The fourth-order valence-corrected chi connectivity index (χ4v) is 1.94. The van der Waals surface area contributed by atoms with Crippen molar-refractivity contribution in [3.63, 3.8) is 0 Å². The van der Waals surface area contributed by atoms with Crippen LogP contribution in [0.1, 0.15) is 16.7 Å². The molecule has 1 aromatic carbocycles. The molecule has 0 aliphatic heterocycles. The lowest BCUT2D eigenvalue weighted by molar-refractivity contribution is 0.608. The van der Waals surface area contributed by atoms with Gasteiger partial charge in [-0.05, 0) is 42.7 Å². The van der Waals surface area contributed by atoms with E-state index < -0.39 is 0 Å². The van der Waals surface area contributed by atoms with Gasteiger partial charge < -0.3 is 10.7 Å². The van der Waals surface area contributed by atoms with Crippen LogP contribution in [0, 0.1) is 19.7 Å². The summed E-state index contributed by atoms with van der Waals surface area (Å²) in [5.74, 6) is 6.47. The summed E-state index contributed by atoms with van der Waals surface area (Å²) in [4.78, 5) is 4.25. The number of halogens is 1. The molecule has 0 amide bonds. The van der Waals surface area contributed by atoms with Gasteiger partial charge in [0.25, 0.3) is 0 Å². The highest BCUT2D eigenvalue weighted by Crippen LogP contribution is 2.16. The minimum Gasteiger partial charge on any atom is -0.366 e. The van der Waals surface area contributed by atoms with E-state index in [4.69, 9.17) is 5.84 Å². The van der Waals surface area contributed by atoms with Crippen LogP contribution >= 0.6 is 0 Å². The van der Waals surface area contributed by atoms with Crippen molar-refractivity contribution in [1.82, 2.24) is 4.98 Å². The van der Waals surface area contributed by atoms with Crippen molar-refractivity contribution in [1.29, 1.82) is 0 Å². The van der Waals surface area contributed by atoms with Gasteiger partial charge in [0, 0.05) is 6.54 Å². The zero-order valence-corrected chi connectivity index (χ0v) is 11.0. The Bertz CT molecular complexity index is 560. The molecular weight excluding hydrogens is 243 g/mol. The Morgan fingerprint density at radius 3 is 2.42 bits per heavy atom. The lowest BCUT2D eigenvalue weighted by Gasteiger charge is -2.09. The molecule has 0 radical (unpaired) electrons. The monoisotopic (exact) mass is 260 g/mol. The fourth-order valence-electron chi connectivity index (χ4n) is 1.94. The molecule has 100 valence electrons. The summed E-state index contributed by atoms with van der Waals surface area (Å²) in [6.07, 6.45) is 0. The van der Waals surface area contributed by atoms with Gasteiger partial charge in [-0.1, -0.05) is 18.2 Å². The molecule has 19 heavy (non-hydrogen) atoms. The Labute approximate surface area is 111 Å². The summed E-state index contributed by atoms with van der Waals surface area (Å²) in [6, 6.07) is 9.15. The molecule has 0 spiro atoms. The van der Waals surface area contributed by atoms with Gasteiger partial charge in [0.1, 0.15) is 17.5 Å². The van der Waals surface area contributed by atoms with Crippen LogP contribution in [0.2, 0.25) is 0 Å². The molecule has 0 saturated carbocycles. The number of benzene rings is 1. The highest BCUT2D eigenvalue weighted by atomic mass is 19.1. The number of nitrogens with zero attached hydrogens (tertiary/aromatic N) is 1. The first kappa shape index (κ1) is 13.3. The first-order valence-corrected chi connectivity index (χ1v) is 6.03. The predicted molar refractivity (Wildman–Crippen MR) is 75.2 cm³/mol. The molecule has 2 rings (SSSR count). The van der Waals surface area contributed by atoms with E-state index in [0.717, 1.165) is 11.4 Å². The van der Waals surface area contributed by atoms with Crippen molar-refractivity contribution in [2.45, 2.75) is 20.4 Å². The van der Waals surface area contributed by atoms with E-state index in [9.17, 15) is 4.39 Å². The molecule has 0 fully saturated rings. The van der Waals surface area contributed by atoms with Gasteiger partial charge in [0.05, 0.1) is 0 Å². The maximum Gasteiger partial charge on any atom is 0.142 e. The largest absolute Gasteiger partial charge is 0.366 e. The maximum absolute atomic E-state index is 13.5.